The van der Waals surface area contributed by atoms with Crippen LogP contribution in [0.2, 0.25) is 0 Å². The standard InChI is InChI=1S/C18H16N4O4S2/c1-9-20-21-15(26-9)11-8-28-17-13(16(24)22(17)14(11)18(25)27)19-12(23)7-10-5-3-2-4-6-10/h2-6,13,17H,7-8H2,1H3,(H,19,23)(H,25,27)/t13-,17-/m1/s1. The predicted molar refractivity (Wildman–Crippen MR) is 105 cm³/mol. The van der Waals surface area contributed by atoms with E-state index in [4.69, 9.17) is 4.42 Å². The molecule has 28 heavy (non-hydrogen) atoms. The number of nitrogens with one attached hydrogen (secondary N) is 1. The van der Waals surface area contributed by atoms with Crippen molar-refractivity contribution in [3.05, 3.63) is 53.4 Å². The van der Waals surface area contributed by atoms with E-state index in [9.17, 15) is 14.4 Å². The lowest BCUT2D eigenvalue weighted by atomic mass is 10.0. The average Bonchev–Trinajstić information content (AvgIpc) is 3.11. The fourth-order valence-corrected chi connectivity index (χ4v) is 4.78. The SMILES string of the molecule is Cc1nnc(C2=C(C(=O)S)N3C(=O)[C@@H](NC(=O)Cc4ccccc4)[C@H]3SC2)o1. The zero-order valence-corrected chi connectivity index (χ0v) is 16.5. The molecule has 2 aliphatic rings. The van der Waals surface area contributed by atoms with E-state index in [1.165, 1.54) is 16.7 Å². The number of thiol groups is 1. The van der Waals surface area contributed by atoms with Crippen LogP contribution in [0.1, 0.15) is 17.3 Å². The van der Waals surface area contributed by atoms with Gasteiger partial charge in [0, 0.05) is 12.7 Å². The fourth-order valence-electron chi connectivity index (χ4n) is 3.21. The first-order valence-corrected chi connectivity index (χ1v) is 10.00. The van der Waals surface area contributed by atoms with Crippen molar-refractivity contribution >= 4 is 46.9 Å². The van der Waals surface area contributed by atoms with Gasteiger partial charge >= 0.3 is 0 Å². The summed E-state index contributed by atoms with van der Waals surface area (Å²) in [6.45, 7) is 1.64. The number of nitrogens with zero attached hydrogens (tertiary/aromatic N) is 3. The largest absolute Gasteiger partial charge is 0.421 e. The van der Waals surface area contributed by atoms with Gasteiger partial charge in [-0.2, -0.15) is 0 Å². The topological polar surface area (TPSA) is 105 Å². The molecule has 10 heteroatoms. The van der Waals surface area contributed by atoms with Gasteiger partial charge in [-0.05, 0) is 5.56 Å². The Hall–Kier alpha value is -2.59. The van der Waals surface area contributed by atoms with Crippen molar-refractivity contribution in [1.82, 2.24) is 20.4 Å². The molecule has 0 spiro atoms. The molecule has 2 aliphatic heterocycles. The number of rotatable bonds is 5. The highest BCUT2D eigenvalue weighted by Crippen LogP contribution is 2.43. The van der Waals surface area contributed by atoms with E-state index in [0.717, 1.165) is 5.56 Å². The molecule has 1 saturated heterocycles. The highest BCUT2D eigenvalue weighted by molar-refractivity contribution is 8.00. The summed E-state index contributed by atoms with van der Waals surface area (Å²) in [5.41, 5.74) is 1.47. The number of β-lactam (4-membered cyclic amide) rings is 1. The lowest BCUT2D eigenvalue weighted by molar-refractivity contribution is -0.146. The number of aromatic nitrogens is 2. The van der Waals surface area contributed by atoms with Crippen molar-refractivity contribution in [2.24, 2.45) is 0 Å². The van der Waals surface area contributed by atoms with Gasteiger partial charge < -0.3 is 9.73 Å². The minimum atomic E-state index is -0.685. The molecule has 2 amide bonds. The van der Waals surface area contributed by atoms with E-state index in [2.05, 4.69) is 28.1 Å². The third kappa shape index (κ3) is 3.33. The zero-order valence-electron chi connectivity index (χ0n) is 14.8. The summed E-state index contributed by atoms with van der Waals surface area (Å²) in [6, 6.07) is 8.59. The first-order chi connectivity index (χ1) is 13.5. The predicted octanol–water partition coefficient (Wildman–Crippen LogP) is 1.19. The number of amides is 2. The van der Waals surface area contributed by atoms with Gasteiger partial charge in [0.25, 0.3) is 5.91 Å². The van der Waals surface area contributed by atoms with Gasteiger partial charge in [0.1, 0.15) is 17.1 Å². The molecular weight excluding hydrogens is 400 g/mol. The number of carbonyl (C=O) groups excluding carboxylic acids is 3. The summed E-state index contributed by atoms with van der Waals surface area (Å²) in [5.74, 6) is 0.352. The number of thioether (sulfide) groups is 1. The fraction of sp³-hybridized carbons (Fsp3) is 0.278. The monoisotopic (exact) mass is 416 g/mol. The Morgan fingerprint density at radius 1 is 1.32 bits per heavy atom. The van der Waals surface area contributed by atoms with Crippen molar-refractivity contribution in [3.8, 4) is 0 Å². The summed E-state index contributed by atoms with van der Waals surface area (Å²) < 4.78 is 5.42. The maximum Gasteiger partial charge on any atom is 0.253 e. The normalized spacial score (nSPS) is 21.2. The first kappa shape index (κ1) is 18.8. The van der Waals surface area contributed by atoms with Crippen LogP contribution in [0.4, 0.5) is 0 Å². The molecule has 3 heterocycles. The molecule has 4 rings (SSSR count). The number of benzene rings is 1. The first-order valence-electron chi connectivity index (χ1n) is 8.50. The number of aryl methyl sites for hydroxylation is 1. The third-order valence-electron chi connectivity index (χ3n) is 4.48. The molecule has 1 N–H and O–H groups in total. The second-order valence-corrected chi connectivity index (χ2v) is 7.89. The lowest BCUT2D eigenvalue weighted by Gasteiger charge is -2.49. The van der Waals surface area contributed by atoms with Gasteiger partial charge in [0.05, 0.1) is 12.0 Å². The minimum absolute atomic E-state index is 0.134. The Bertz CT molecular complexity index is 988. The van der Waals surface area contributed by atoms with Crippen LogP contribution in [0.3, 0.4) is 0 Å². The highest BCUT2D eigenvalue weighted by atomic mass is 32.2. The Balaban J connectivity index is 1.52. The van der Waals surface area contributed by atoms with E-state index in [-0.39, 0.29) is 35.2 Å². The Labute approximate surface area is 170 Å². The van der Waals surface area contributed by atoms with Gasteiger partial charge in [-0.3, -0.25) is 19.3 Å². The third-order valence-corrected chi connectivity index (χ3v) is 5.97. The zero-order chi connectivity index (χ0) is 19.8. The average molecular weight is 416 g/mol. The smallest absolute Gasteiger partial charge is 0.253 e. The van der Waals surface area contributed by atoms with Crippen LogP contribution >= 0.6 is 24.4 Å². The van der Waals surface area contributed by atoms with E-state index in [0.29, 0.717) is 17.2 Å². The molecule has 2 aromatic rings. The van der Waals surface area contributed by atoms with Crippen LogP contribution in [0.15, 0.2) is 40.4 Å². The van der Waals surface area contributed by atoms with Crippen LogP contribution < -0.4 is 5.32 Å². The van der Waals surface area contributed by atoms with Crippen molar-refractivity contribution in [2.75, 3.05) is 5.75 Å². The van der Waals surface area contributed by atoms with E-state index >= 15 is 0 Å². The maximum atomic E-state index is 12.7. The minimum Gasteiger partial charge on any atom is -0.421 e. The molecule has 144 valence electrons. The second kappa shape index (κ2) is 7.44. The molecule has 0 radical (unpaired) electrons. The molecular formula is C18H16N4O4S2. The van der Waals surface area contributed by atoms with Gasteiger partial charge in [0.2, 0.25) is 22.8 Å². The van der Waals surface area contributed by atoms with E-state index < -0.39 is 11.2 Å². The number of hydrogen-bond acceptors (Lipinski definition) is 7. The summed E-state index contributed by atoms with van der Waals surface area (Å²) in [7, 11) is 0. The van der Waals surface area contributed by atoms with Gasteiger partial charge in [-0.15, -0.1) is 22.0 Å². The van der Waals surface area contributed by atoms with Crippen LogP contribution in [0, 0.1) is 6.92 Å². The van der Waals surface area contributed by atoms with E-state index in [1.807, 2.05) is 30.3 Å². The summed E-state index contributed by atoms with van der Waals surface area (Å²) in [6.07, 6.45) is 0.183. The summed E-state index contributed by atoms with van der Waals surface area (Å²) in [4.78, 5) is 38.5. The summed E-state index contributed by atoms with van der Waals surface area (Å²) in [5, 5.41) is 9.56. The molecule has 1 aromatic heterocycles. The van der Waals surface area contributed by atoms with Crippen LogP contribution in [0.5, 0.6) is 0 Å². The van der Waals surface area contributed by atoms with E-state index in [1.54, 1.807) is 6.92 Å². The van der Waals surface area contributed by atoms with Gasteiger partial charge in [-0.25, -0.2) is 0 Å². The number of fused-ring (bicyclic) bond motifs is 1. The molecule has 2 atom stereocenters. The van der Waals surface area contributed by atoms with Crippen molar-refractivity contribution in [2.45, 2.75) is 24.8 Å². The van der Waals surface area contributed by atoms with Crippen molar-refractivity contribution in [3.63, 3.8) is 0 Å². The van der Waals surface area contributed by atoms with Gasteiger partial charge in [0.15, 0.2) is 0 Å². The van der Waals surface area contributed by atoms with Crippen LogP contribution in [-0.2, 0) is 20.8 Å². The Morgan fingerprint density at radius 3 is 2.71 bits per heavy atom. The second-order valence-electron chi connectivity index (χ2n) is 6.38. The van der Waals surface area contributed by atoms with Crippen LogP contribution in [-0.4, -0.2) is 49.2 Å². The Kier molecular flexibility index (Phi) is 4.98. The lowest BCUT2D eigenvalue weighted by Crippen LogP contribution is -2.70. The number of hydrogen-bond donors (Lipinski definition) is 2. The van der Waals surface area contributed by atoms with Gasteiger partial charge in [-0.1, -0.05) is 43.0 Å². The quantitative estimate of drug-likeness (QED) is 0.557. The summed E-state index contributed by atoms with van der Waals surface area (Å²) >= 11 is 5.35. The molecule has 1 fully saturated rings. The molecule has 8 nitrogen and oxygen atoms in total. The molecule has 0 unspecified atom stereocenters. The van der Waals surface area contributed by atoms with Crippen molar-refractivity contribution in [1.29, 1.82) is 0 Å². The molecule has 0 aliphatic carbocycles. The molecule has 0 saturated carbocycles. The molecule has 0 bridgehead atoms. The number of carbonyl (C=O) groups is 3. The highest BCUT2D eigenvalue weighted by Gasteiger charge is 2.54. The maximum absolute atomic E-state index is 12.7. The van der Waals surface area contributed by atoms with Crippen LogP contribution in [0.25, 0.3) is 5.57 Å². The van der Waals surface area contributed by atoms with Crippen molar-refractivity contribution < 1.29 is 18.8 Å². The Morgan fingerprint density at radius 2 is 2.07 bits per heavy atom. The molecule has 1 aromatic carbocycles.